The summed E-state index contributed by atoms with van der Waals surface area (Å²) in [6.45, 7) is 1.93. The van der Waals surface area contributed by atoms with Gasteiger partial charge in [-0.15, -0.1) is 12.3 Å². The number of terminal acetylenes is 1. The fourth-order valence-electron chi connectivity index (χ4n) is 1.15. The average Bonchev–Trinajstić information content (AvgIpc) is 2.18. The summed E-state index contributed by atoms with van der Waals surface area (Å²) in [7, 11) is 0. The molecule has 1 rings (SSSR count). The molecule has 1 heterocycles. The van der Waals surface area contributed by atoms with Crippen LogP contribution in [0.3, 0.4) is 0 Å². The second-order valence-corrected chi connectivity index (χ2v) is 3.19. The van der Waals surface area contributed by atoms with Crippen LogP contribution in [0, 0.1) is 12.3 Å². The lowest BCUT2D eigenvalue weighted by Gasteiger charge is -2.12. The first-order valence-electron chi connectivity index (χ1n) is 4.53. The van der Waals surface area contributed by atoms with Crippen molar-refractivity contribution in [1.82, 2.24) is 4.98 Å². The highest BCUT2D eigenvalue weighted by atomic mass is 16.4. The van der Waals surface area contributed by atoms with Gasteiger partial charge in [0.2, 0.25) is 0 Å². The molecule has 0 saturated carbocycles. The molecule has 4 heteroatoms. The van der Waals surface area contributed by atoms with Crippen molar-refractivity contribution in [3.63, 3.8) is 0 Å². The molecule has 1 atom stereocenters. The summed E-state index contributed by atoms with van der Waals surface area (Å²) in [5.41, 5.74) is 0.734. The molecule has 0 spiro atoms. The minimum atomic E-state index is -1.04. The summed E-state index contributed by atoms with van der Waals surface area (Å²) >= 11 is 0. The van der Waals surface area contributed by atoms with Crippen LogP contribution < -0.4 is 5.32 Å². The SMILES string of the molecule is C#CCC(C)Nc1ccnc(C(=O)O)c1. The topological polar surface area (TPSA) is 62.2 Å². The third kappa shape index (κ3) is 3.31. The first-order valence-corrected chi connectivity index (χ1v) is 4.53. The number of carboxylic acid groups (broad SMARTS) is 1. The molecule has 2 N–H and O–H groups in total. The lowest BCUT2D eigenvalue weighted by atomic mass is 10.2. The summed E-state index contributed by atoms with van der Waals surface area (Å²) in [5.74, 6) is 1.49. The highest BCUT2D eigenvalue weighted by Gasteiger charge is 2.06. The van der Waals surface area contributed by atoms with Crippen molar-refractivity contribution in [1.29, 1.82) is 0 Å². The van der Waals surface area contributed by atoms with E-state index in [1.807, 2.05) is 6.92 Å². The van der Waals surface area contributed by atoms with E-state index in [9.17, 15) is 4.79 Å². The fourth-order valence-corrected chi connectivity index (χ4v) is 1.15. The Balaban J connectivity index is 2.74. The smallest absolute Gasteiger partial charge is 0.354 e. The van der Waals surface area contributed by atoms with Crippen LogP contribution in [-0.2, 0) is 0 Å². The van der Waals surface area contributed by atoms with Gasteiger partial charge >= 0.3 is 5.97 Å². The molecule has 0 aliphatic rings. The van der Waals surface area contributed by atoms with Crippen LogP contribution in [0.1, 0.15) is 23.8 Å². The van der Waals surface area contributed by atoms with Crippen LogP contribution in [0.4, 0.5) is 5.69 Å². The first-order chi connectivity index (χ1) is 7.13. The second-order valence-electron chi connectivity index (χ2n) is 3.19. The van der Waals surface area contributed by atoms with Crippen molar-refractivity contribution >= 4 is 11.7 Å². The number of pyridine rings is 1. The number of hydrogen-bond acceptors (Lipinski definition) is 3. The summed E-state index contributed by atoms with van der Waals surface area (Å²) in [5, 5.41) is 11.8. The lowest BCUT2D eigenvalue weighted by Crippen LogP contribution is -2.14. The molecular weight excluding hydrogens is 192 g/mol. The van der Waals surface area contributed by atoms with Gasteiger partial charge in [-0.2, -0.15) is 0 Å². The predicted octanol–water partition coefficient (Wildman–Crippen LogP) is 1.60. The van der Waals surface area contributed by atoms with Gasteiger partial charge in [0, 0.05) is 24.3 Å². The standard InChI is InChI=1S/C11H12N2O2/c1-3-4-8(2)13-9-5-6-12-10(7-9)11(14)15/h1,5-8H,4H2,2H3,(H,12,13)(H,14,15). The molecule has 0 aliphatic carbocycles. The number of nitrogens with one attached hydrogen (secondary N) is 1. The van der Waals surface area contributed by atoms with E-state index in [4.69, 9.17) is 11.5 Å². The van der Waals surface area contributed by atoms with Crippen molar-refractivity contribution in [3.05, 3.63) is 24.0 Å². The number of carbonyl (C=O) groups is 1. The van der Waals surface area contributed by atoms with Gasteiger partial charge in [-0.25, -0.2) is 9.78 Å². The average molecular weight is 204 g/mol. The van der Waals surface area contributed by atoms with Gasteiger partial charge in [0.05, 0.1) is 0 Å². The molecule has 78 valence electrons. The molecule has 0 aliphatic heterocycles. The normalized spacial score (nSPS) is 11.5. The van der Waals surface area contributed by atoms with Crippen LogP contribution >= 0.6 is 0 Å². The Morgan fingerprint density at radius 3 is 3.13 bits per heavy atom. The third-order valence-corrected chi connectivity index (χ3v) is 1.82. The molecule has 1 aromatic heterocycles. The highest BCUT2D eigenvalue weighted by molar-refractivity contribution is 5.86. The van der Waals surface area contributed by atoms with Gasteiger partial charge in [0.1, 0.15) is 5.69 Å². The van der Waals surface area contributed by atoms with Gasteiger partial charge in [-0.3, -0.25) is 0 Å². The Hall–Kier alpha value is -2.02. The van der Waals surface area contributed by atoms with Crippen molar-refractivity contribution in [2.75, 3.05) is 5.32 Å². The lowest BCUT2D eigenvalue weighted by molar-refractivity contribution is 0.0690. The number of aromatic carboxylic acids is 1. The minimum absolute atomic E-state index is 0.0212. The van der Waals surface area contributed by atoms with Gasteiger partial charge in [0.25, 0.3) is 0 Å². The minimum Gasteiger partial charge on any atom is -0.477 e. The highest BCUT2D eigenvalue weighted by Crippen LogP contribution is 2.10. The van der Waals surface area contributed by atoms with Crippen LogP contribution in [0.5, 0.6) is 0 Å². The summed E-state index contributed by atoms with van der Waals surface area (Å²) in [4.78, 5) is 14.4. The fraction of sp³-hybridized carbons (Fsp3) is 0.273. The Morgan fingerprint density at radius 2 is 2.53 bits per heavy atom. The Morgan fingerprint density at radius 1 is 1.80 bits per heavy atom. The molecule has 0 bridgehead atoms. The maximum absolute atomic E-state index is 10.6. The van der Waals surface area contributed by atoms with Crippen LogP contribution in [0.2, 0.25) is 0 Å². The van der Waals surface area contributed by atoms with Crippen molar-refractivity contribution < 1.29 is 9.90 Å². The van der Waals surface area contributed by atoms with Gasteiger partial charge in [0.15, 0.2) is 0 Å². The van der Waals surface area contributed by atoms with E-state index in [1.165, 1.54) is 12.3 Å². The molecule has 1 aromatic rings. The van der Waals surface area contributed by atoms with E-state index in [1.54, 1.807) is 6.07 Å². The zero-order valence-corrected chi connectivity index (χ0v) is 8.40. The molecule has 0 saturated heterocycles. The zero-order valence-electron chi connectivity index (χ0n) is 8.40. The molecule has 1 unspecified atom stereocenters. The molecule has 4 nitrogen and oxygen atoms in total. The number of carboxylic acids is 1. The number of hydrogen-bond donors (Lipinski definition) is 2. The number of rotatable bonds is 4. The van der Waals surface area contributed by atoms with Crippen molar-refractivity contribution in [2.24, 2.45) is 0 Å². The predicted molar refractivity (Wildman–Crippen MR) is 57.7 cm³/mol. The molecule has 0 radical (unpaired) electrons. The Bertz CT molecular complexity index is 396. The quantitative estimate of drug-likeness (QED) is 0.731. The van der Waals surface area contributed by atoms with Crippen LogP contribution in [-0.4, -0.2) is 22.1 Å². The van der Waals surface area contributed by atoms with E-state index in [0.29, 0.717) is 12.1 Å². The largest absolute Gasteiger partial charge is 0.477 e. The second kappa shape index (κ2) is 5.01. The molecule has 0 fully saturated rings. The summed E-state index contributed by atoms with van der Waals surface area (Å²) in [6.07, 6.45) is 7.21. The number of aromatic nitrogens is 1. The van der Waals surface area contributed by atoms with Crippen molar-refractivity contribution in [3.8, 4) is 12.3 Å². The number of nitrogens with zero attached hydrogens (tertiary/aromatic N) is 1. The van der Waals surface area contributed by atoms with Crippen LogP contribution in [0.15, 0.2) is 18.3 Å². The number of anilines is 1. The van der Waals surface area contributed by atoms with E-state index in [2.05, 4.69) is 16.2 Å². The molecule has 0 aromatic carbocycles. The summed E-state index contributed by atoms with van der Waals surface area (Å²) < 4.78 is 0. The van der Waals surface area contributed by atoms with Gasteiger partial charge in [-0.1, -0.05) is 0 Å². The monoisotopic (exact) mass is 204 g/mol. The van der Waals surface area contributed by atoms with E-state index in [-0.39, 0.29) is 11.7 Å². The van der Waals surface area contributed by atoms with Gasteiger partial charge in [-0.05, 0) is 19.1 Å². The molecule has 0 amide bonds. The maximum Gasteiger partial charge on any atom is 0.354 e. The van der Waals surface area contributed by atoms with Crippen LogP contribution in [0.25, 0.3) is 0 Å². The summed E-state index contributed by atoms with van der Waals surface area (Å²) in [6, 6.07) is 3.30. The maximum atomic E-state index is 10.6. The van der Waals surface area contributed by atoms with E-state index >= 15 is 0 Å². The molecular formula is C11H12N2O2. The van der Waals surface area contributed by atoms with Gasteiger partial charge < -0.3 is 10.4 Å². The third-order valence-electron chi connectivity index (χ3n) is 1.82. The Kier molecular flexibility index (Phi) is 3.69. The molecule has 15 heavy (non-hydrogen) atoms. The van der Waals surface area contributed by atoms with E-state index in [0.717, 1.165) is 0 Å². The Labute approximate surface area is 88.3 Å². The van der Waals surface area contributed by atoms with Crippen molar-refractivity contribution in [2.45, 2.75) is 19.4 Å². The van der Waals surface area contributed by atoms with E-state index < -0.39 is 5.97 Å². The zero-order chi connectivity index (χ0) is 11.3. The first kappa shape index (κ1) is 11.1.